The summed E-state index contributed by atoms with van der Waals surface area (Å²) >= 11 is 0. The highest BCUT2D eigenvalue weighted by molar-refractivity contribution is 6.16. The molecule has 1 aromatic heterocycles. The first-order valence-corrected chi connectivity index (χ1v) is 12.6. The van der Waals surface area contributed by atoms with Crippen molar-refractivity contribution in [3.63, 3.8) is 0 Å². The molecule has 37 heavy (non-hydrogen) atoms. The zero-order valence-corrected chi connectivity index (χ0v) is 20.7. The van der Waals surface area contributed by atoms with Gasteiger partial charge in [0.25, 0.3) is 0 Å². The van der Waals surface area contributed by atoms with Gasteiger partial charge in [-0.15, -0.1) is 0 Å². The number of hydrogen-bond acceptors (Lipinski definition) is 8. The van der Waals surface area contributed by atoms with Crippen molar-refractivity contribution in [2.24, 2.45) is 34.0 Å². The van der Waals surface area contributed by atoms with Crippen molar-refractivity contribution in [1.82, 2.24) is 4.98 Å². The molecule has 0 radical (unpaired) electrons. The Morgan fingerprint density at radius 3 is 2.78 bits per heavy atom. The Morgan fingerprint density at radius 1 is 1.24 bits per heavy atom. The first-order chi connectivity index (χ1) is 17.5. The SMILES string of the molecule is C=C1C(=O)[C@@]23C(=O)O[C@H]4CCC(C)(C)[C@H]5C(=O)OC[C@]45[C@H]2CC[C@@H]1[C@H]3OC(=O)/C=C/c1ccnc(F)c1. The third-order valence-electron chi connectivity index (χ3n) is 9.56. The fourth-order valence-corrected chi connectivity index (χ4v) is 8.13. The van der Waals surface area contributed by atoms with Gasteiger partial charge in [0.05, 0.1) is 11.3 Å². The molecule has 194 valence electrons. The second kappa shape index (κ2) is 7.82. The summed E-state index contributed by atoms with van der Waals surface area (Å²) in [7, 11) is 0. The maximum absolute atomic E-state index is 13.9. The van der Waals surface area contributed by atoms with Crippen molar-refractivity contribution in [3.05, 3.63) is 48.1 Å². The van der Waals surface area contributed by atoms with E-state index in [0.717, 1.165) is 12.1 Å². The van der Waals surface area contributed by atoms with Gasteiger partial charge in [0.1, 0.15) is 18.8 Å². The summed E-state index contributed by atoms with van der Waals surface area (Å²) < 4.78 is 30.9. The molecule has 3 saturated carbocycles. The third-order valence-corrected chi connectivity index (χ3v) is 9.56. The molecular weight excluding hydrogens is 481 g/mol. The summed E-state index contributed by atoms with van der Waals surface area (Å²) in [6.45, 7) is 8.06. The van der Waals surface area contributed by atoms with E-state index in [-0.39, 0.29) is 18.1 Å². The molecule has 3 heterocycles. The van der Waals surface area contributed by atoms with Crippen LogP contribution in [-0.4, -0.2) is 47.5 Å². The number of carbonyl (C=O) groups excluding carboxylic acids is 4. The third kappa shape index (κ3) is 3.03. The Bertz CT molecular complexity index is 1290. The number of nitrogens with zero attached hydrogens (tertiary/aromatic N) is 1. The zero-order chi connectivity index (χ0) is 26.3. The summed E-state index contributed by atoms with van der Waals surface area (Å²) in [6, 6.07) is 2.69. The number of pyridine rings is 1. The van der Waals surface area contributed by atoms with E-state index in [4.69, 9.17) is 14.2 Å². The van der Waals surface area contributed by atoms with Crippen LogP contribution >= 0.6 is 0 Å². The predicted molar refractivity (Wildman–Crippen MR) is 126 cm³/mol. The molecule has 2 aliphatic heterocycles. The second-order valence-electron chi connectivity index (χ2n) is 11.6. The number of carbonyl (C=O) groups is 4. The van der Waals surface area contributed by atoms with E-state index in [1.807, 2.05) is 13.8 Å². The first kappa shape index (κ1) is 24.0. The largest absolute Gasteiger partial charge is 0.465 e. The lowest BCUT2D eigenvalue weighted by Crippen LogP contribution is -2.71. The summed E-state index contributed by atoms with van der Waals surface area (Å²) in [5, 5.41) is 0. The summed E-state index contributed by atoms with van der Waals surface area (Å²) in [5.41, 5.74) is -2.43. The number of esters is 3. The van der Waals surface area contributed by atoms with Crippen LogP contribution in [0.5, 0.6) is 0 Å². The molecule has 2 spiro atoms. The molecule has 1 aromatic rings. The Hall–Kier alpha value is -3.36. The van der Waals surface area contributed by atoms with Crippen LogP contribution in [0.4, 0.5) is 4.39 Å². The maximum Gasteiger partial charge on any atom is 0.331 e. The summed E-state index contributed by atoms with van der Waals surface area (Å²) in [6.07, 6.45) is 4.32. The van der Waals surface area contributed by atoms with Crippen LogP contribution in [0.25, 0.3) is 6.08 Å². The minimum Gasteiger partial charge on any atom is -0.465 e. The van der Waals surface area contributed by atoms with Crippen LogP contribution in [0.1, 0.15) is 45.1 Å². The number of hydrogen-bond donors (Lipinski definition) is 0. The van der Waals surface area contributed by atoms with E-state index in [1.165, 1.54) is 18.3 Å². The predicted octanol–water partition coefficient (Wildman–Crippen LogP) is 3.20. The molecule has 0 unspecified atom stereocenters. The zero-order valence-electron chi connectivity index (χ0n) is 20.7. The Morgan fingerprint density at radius 2 is 2.03 bits per heavy atom. The standard InChI is InChI=1S/C28H28FNO7/c1-14-16-5-6-17-27-13-35-24(33)21(27)26(2,3)10-8-18(27)36-25(34)28(17,22(14)32)23(16)37-20(31)7-4-15-9-11-30-19(29)12-15/h4,7,9,11-12,16-18,21,23H,1,5-6,8,10,13H2,2-3H3/b7-4+/t16-,17+,18-,21+,23+,27-,28-/m0/s1. The van der Waals surface area contributed by atoms with Crippen LogP contribution < -0.4 is 0 Å². The van der Waals surface area contributed by atoms with Gasteiger partial charge in [0.15, 0.2) is 11.2 Å². The summed E-state index contributed by atoms with van der Waals surface area (Å²) in [4.78, 5) is 57.2. The van der Waals surface area contributed by atoms with Crippen molar-refractivity contribution in [3.8, 4) is 0 Å². The highest BCUT2D eigenvalue weighted by Crippen LogP contribution is 2.71. The molecule has 5 aliphatic rings. The van der Waals surface area contributed by atoms with Crippen LogP contribution in [0.15, 0.2) is 36.6 Å². The normalized spacial score (nSPS) is 39.5. The van der Waals surface area contributed by atoms with Gasteiger partial charge >= 0.3 is 17.9 Å². The quantitative estimate of drug-likeness (QED) is 0.201. The van der Waals surface area contributed by atoms with Gasteiger partial charge < -0.3 is 14.2 Å². The number of aromatic nitrogens is 1. The molecule has 0 amide bonds. The molecule has 7 atom stereocenters. The lowest BCUT2D eigenvalue weighted by molar-refractivity contribution is -0.246. The van der Waals surface area contributed by atoms with Gasteiger partial charge in [-0.05, 0) is 60.3 Å². The second-order valence-corrected chi connectivity index (χ2v) is 11.6. The number of ether oxygens (including phenoxy) is 3. The van der Waals surface area contributed by atoms with Gasteiger partial charge in [-0.25, -0.2) is 9.78 Å². The summed E-state index contributed by atoms with van der Waals surface area (Å²) in [5.74, 6) is -4.67. The van der Waals surface area contributed by atoms with E-state index in [2.05, 4.69) is 11.6 Å². The lowest BCUT2D eigenvalue weighted by Gasteiger charge is -2.61. The molecule has 6 rings (SSSR count). The number of fused-ring (bicyclic) bond motifs is 1. The highest BCUT2D eigenvalue weighted by atomic mass is 19.1. The molecule has 0 N–H and O–H groups in total. The smallest absolute Gasteiger partial charge is 0.331 e. The monoisotopic (exact) mass is 509 g/mol. The Kier molecular flexibility index (Phi) is 5.07. The van der Waals surface area contributed by atoms with Crippen molar-refractivity contribution in [1.29, 1.82) is 0 Å². The molecule has 3 aliphatic carbocycles. The average Bonchev–Trinajstić information content (AvgIpc) is 3.26. The first-order valence-electron chi connectivity index (χ1n) is 12.6. The van der Waals surface area contributed by atoms with Crippen molar-refractivity contribution in [2.45, 2.75) is 51.7 Å². The molecule has 5 fully saturated rings. The van der Waals surface area contributed by atoms with E-state index in [1.54, 1.807) is 0 Å². The fourth-order valence-electron chi connectivity index (χ4n) is 8.13. The molecule has 2 saturated heterocycles. The van der Waals surface area contributed by atoms with Crippen molar-refractivity contribution >= 4 is 29.8 Å². The Balaban J connectivity index is 1.41. The van der Waals surface area contributed by atoms with Crippen LogP contribution in [0.3, 0.4) is 0 Å². The van der Waals surface area contributed by atoms with E-state index in [0.29, 0.717) is 31.2 Å². The number of cyclic esters (lactones) is 1. The van der Waals surface area contributed by atoms with E-state index >= 15 is 0 Å². The highest BCUT2D eigenvalue weighted by Gasteiger charge is 2.81. The lowest BCUT2D eigenvalue weighted by atomic mass is 9.43. The van der Waals surface area contributed by atoms with Crippen molar-refractivity contribution in [2.75, 3.05) is 6.61 Å². The number of halogens is 1. The minimum absolute atomic E-state index is 0.0584. The number of ketones is 1. The fraction of sp³-hybridized carbons (Fsp3) is 0.536. The van der Waals surface area contributed by atoms with E-state index < -0.39 is 69.9 Å². The molecular formula is C28H28FNO7. The van der Waals surface area contributed by atoms with Gasteiger partial charge in [0.2, 0.25) is 5.95 Å². The number of Topliss-reactive ketones (excluding diaryl/α,β-unsaturated/α-hetero) is 1. The molecule has 2 bridgehead atoms. The number of rotatable bonds is 3. The van der Waals surface area contributed by atoms with Gasteiger partial charge in [0, 0.05) is 24.3 Å². The molecule has 9 heteroatoms. The van der Waals surface area contributed by atoms with Crippen LogP contribution in [0.2, 0.25) is 0 Å². The molecule has 8 nitrogen and oxygen atoms in total. The topological polar surface area (TPSA) is 109 Å². The van der Waals surface area contributed by atoms with E-state index in [9.17, 15) is 23.6 Å². The van der Waals surface area contributed by atoms with Gasteiger partial charge in [-0.3, -0.25) is 14.4 Å². The molecule has 0 aromatic carbocycles. The van der Waals surface area contributed by atoms with Crippen LogP contribution in [0, 0.1) is 39.9 Å². The average molecular weight is 510 g/mol. The minimum atomic E-state index is -1.78. The maximum atomic E-state index is 13.9. The van der Waals surface area contributed by atoms with Gasteiger partial charge in [-0.1, -0.05) is 20.4 Å². The Labute approximate surface area is 213 Å². The van der Waals surface area contributed by atoms with Gasteiger partial charge in [-0.2, -0.15) is 4.39 Å². The van der Waals surface area contributed by atoms with Crippen LogP contribution in [-0.2, 0) is 33.4 Å². The van der Waals surface area contributed by atoms with Crippen molar-refractivity contribution < 1.29 is 37.8 Å².